The van der Waals surface area contributed by atoms with Gasteiger partial charge in [-0.3, -0.25) is 10.1 Å². The van der Waals surface area contributed by atoms with Crippen molar-refractivity contribution in [2.24, 2.45) is 5.73 Å². The van der Waals surface area contributed by atoms with Crippen LogP contribution in [0.25, 0.3) is 0 Å². The zero-order chi connectivity index (χ0) is 12.1. The SMILES string of the molecule is NC(=O)NC(=O)CNc1cc(F)ccc1F. The Hall–Kier alpha value is -2.18. The van der Waals surface area contributed by atoms with Crippen LogP contribution >= 0.6 is 0 Å². The van der Waals surface area contributed by atoms with E-state index in [9.17, 15) is 18.4 Å². The predicted octanol–water partition coefficient (Wildman–Crippen LogP) is 0.572. The Labute approximate surface area is 89.6 Å². The third kappa shape index (κ3) is 3.52. The number of carbonyl (C=O) groups is 2. The van der Waals surface area contributed by atoms with E-state index in [0.717, 1.165) is 18.2 Å². The van der Waals surface area contributed by atoms with Gasteiger partial charge >= 0.3 is 6.03 Å². The van der Waals surface area contributed by atoms with Crippen molar-refractivity contribution < 1.29 is 18.4 Å². The summed E-state index contributed by atoms with van der Waals surface area (Å²) in [6.07, 6.45) is 0. The Bertz CT molecular complexity index is 423. The fraction of sp³-hybridized carbons (Fsp3) is 0.111. The monoisotopic (exact) mass is 229 g/mol. The summed E-state index contributed by atoms with van der Waals surface area (Å²) in [5.74, 6) is -2.08. The quantitative estimate of drug-likeness (QED) is 0.708. The number of halogens is 2. The van der Waals surface area contributed by atoms with Gasteiger partial charge in [-0.1, -0.05) is 0 Å². The maximum atomic E-state index is 13.0. The number of anilines is 1. The van der Waals surface area contributed by atoms with Gasteiger partial charge in [0.05, 0.1) is 12.2 Å². The van der Waals surface area contributed by atoms with E-state index in [1.165, 1.54) is 0 Å². The van der Waals surface area contributed by atoms with Crippen LogP contribution in [0.1, 0.15) is 0 Å². The average molecular weight is 229 g/mol. The van der Waals surface area contributed by atoms with Crippen molar-refractivity contribution in [2.75, 3.05) is 11.9 Å². The number of carbonyl (C=O) groups excluding carboxylic acids is 2. The summed E-state index contributed by atoms with van der Waals surface area (Å²) in [7, 11) is 0. The molecular formula is C9H9F2N3O2. The number of hydrogen-bond acceptors (Lipinski definition) is 3. The van der Waals surface area contributed by atoms with Gasteiger partial charge in [0.15, 0.2) is 0 Å². The molecule has 0 bridgehead atoms. The maximum absolute atomic E-state index is 13.0. The summed E-state index contributed by atoms with van der Waals surface area (Å²) >= 11 is 0. The summed E-state index contributed by atoms with van der Waals surface area (Å²) in [6.45, 7) is -0.386. The highest BCUT2D eigenvalue weighted by Gasteiger charge is 2.07. The number of hydrogen-bond donors (Lipinski definition) is 3. The van der Waals surface area contributed by atoms with Gasteiger partial charge in [-0.15, -0.1) is 0 Å². The molecule has 0 fully saturated rings. The zero-order valence-electron chi connectivity index (χ0n) is 8.09. The lowest BCUT2D eigenvalue weighted by Gasteiger charge is -2.06. The fourth-order valence-corrected chi connectivity index (χ4v) is 0.990. The molecule has 0 aliphatic carbocycles. The van der Waals surface area contributed by atoms with Crippen molar-refractivity contribution in [3.8, 4) is 0 Å². The number of primary amides is 1. The molecule has 0 aliphatic heterocycles. The van der Waals surface area contributed by atoms with Gasteiger partial charge in [-0.2, -0.15) is 0 Å². The van der Waals surface area contributed by atoms with Gasteiger partial charge in [0.25, 0.3) is 0 Å². The predicted molar refractivity (Wildman–Crippen MR) is 52.6 cm³/mol. The topological polar surface area (TPSA) is 84.2 Å². The molecule has 0 aliphatic rings. The highest BCUT2D eigenvalue weighted by Crippen LogP contribution is 2.14. The van der Waals surface area contributed by atoms with Crippen LogP contribution in [-0.2, 0) is 4.79 Å². The maximum Gasteiger partial charge on any atom is 0.318 e. The van der Waals surface area contributed by atoms with Crippen molar-refractivity contribution in [1.29, 1.82) is 0 Å². The van der Waals surface area contributed by atoms with E-state index in [4.69, 9.17) is 0 Å². The van der Waals surface area contributed by atoms with Gasteiger partial charge in [-0.25, -0.2) is 13.6 Å². The van der Waals surface area contributed by atoms with Gasteiger partial charge in [-0.05, 0) is 18.2 Å². The number of nitrogens with one attached hydrogen (secondary N) is 2. The molecule has 0 saturated heterocycles. The largest absolute Gasteiger partial charge is 0.374 e. The number of urea groups is 1. The number of rotatable bonds is 3. The van der Waals surface area contributed by atoms with E-state index in [2.05, 4.69) is 11.1 Å². The zero-order valence-corrected chi connectivity index (χ0v) is 8.09. The molecule has 3 amide bonds. The third-order valence-corrected chi connectivity index (χ3v) is 1.63. The van der Waals surface area contributed by atoms with Crippen LogP contribution in [0.15, 0.2) is 18.2 Å². The highest BCUT2D eigenvalue weighted by atomic mass is 19.1. The van der Waals surface area contributed by atoms with Crippen molar-refractivity contribution in [3.63, 3.8) is 0 Å². The molecule has 1 aromatic carbocycles. The van der Waals surface area contributed by atoms with E-state index >= 15 is 0 Å². The summed E-state index contributed by atoms with van der Waals surface area (Å²) in [5.41, 5.74) is 4.52. The smallest absolute Gasteiger partial charge is 0.318 e. The summed E-state index contributed by atoms with van der Waals surface area (Å²) in [5, 5.41) is 4.09. The Morgan fingerprint density at radius 3 is 2.62 bits per heavy atom. The highest BCUT2D eigenvalue weighted by molar-refractivity contribution is 5.95. The molecule has 4 N–H and O–H groups in total. The fourth-order valence-electron chi connectivity index (χ4n) is 0.990. The van der Waals surface area contributed by atoms with Gasteiger partial charge in [0.2, 0.25) is 5.91 Å². The first-order chi connectivity index (χ1) is 7.49. The molecule has 0 saturated carbocycles. The van der Waals surface area contributed by atoms with Crippen LogP contribution in [0.3, 0.4) is 0 Å². The molecule has 1 aromatic rings. The molecule has 16 heavy (non-hydrogen) atoms. The molecule has 5 nitrogen and oxygen atoms in total. The van der Waals surface area contributed by atoms with Crippen LogP contribution in [-0.4, -0.2) is 18.5 Å². The molecular weight excluding hydrogens is 220 g/mol. The minimum absolute atomic E-state index is 0.167. The molecule has 86 valence electrons. The van der Waals surface area contributed by atoms with E-state index in [1.807, 2.05) is 0 Å². The average Bonchev–Trinajstić information content (AvgIpc) is 2.18. The van der Waals surface area contributed by atoms with Gasteiger partial charge < -0.3 is 11.1 Å². The Morgan fingerprint density at radius 1 is 1.31 bits per heavy atom. The van der Waals surface area contributed by atoms with Crippen LogP contribution in [0.5, 0.6) is 0 Å². The van der Waals surface area contributed by atoms with Crippen molar-refractivity contribution in [3.05, 3.63) is 29.8 Å². The molecule has 7 heteroatoms. The van der Waals surface area contributed by atoms with Gasteiger partial charge in [0, 0.05) is 0 Å². The lowest BCUT2D eigenvalue weighted by Crippen LogP contribution is -2.38. The van der Waals surface area contributed by atoms with E-state index < -0.39 is 23.6 Å². The Kier molecular flexibility index (Phi) is 3.76. The summed E-state index contributed by atoms with van der Waals surface area (Å²) < 4.78 is 25.7. The minimum atomic E-state index is -1.01. The van der Waals surface area contributed by atoms with E-state index in [-0.39, 0.29) is 12.2 Å². The minimum Gasteiger partial charge on any atom is -0.374 e. The van der Waals surface area contributed by atoms with Crippen LogP contribution in [0.2, 0.25) is 0 Å². The molecule has 0 atom stereocenters. The number of benzene rings is 1. The molecule has 0 spiro atoms. The lowest BCUT2D eigenvalue weighted by atomic mass is 10.3. The molecule has 0 heterocycles. The normalized spacial score (nSPS) is 9.62. The van der Waals surface area contributed by atoms with Crippen LogP contribution in [0.4, 0.5) is 19.3 Å². The van der Waals surface area contributed by atoms with Crippen LogP contribution in [0, 0.1) is 11.6 Å². The van der Waals surface area contributed by atoms with Crippen molar-refractivity contribution in [2.45, 2.75) is 0 Å². The molecule has 1 rings (SSSR count). The standard InChI is InChI=1S/C9H9F2N3O2/c10-5-1-2-6(11)7(3-5)13-4-8(15)14-9(12)16/h1-3,13H,4H2,(H3,12,14,15,16). The molecule has 0 unspecified atom stereocenters. The van der Waals surface area contributed by atoms with Crippen LogP contribution < -0.4 is 16.4 Å². The van der Waals surface area contributed by atoms with E-state index in [0.29, 0.717) is 0 Å². The number of amides is 3. The Morgan fingerprint density at radius 2 is 2.00 bits per heavy atom. The first-order valence-electron chi connectivity index (χ1n) is 4.27. The second-order valence-corrected chi connectivity index (χ2v) is 2.89. The summed E-state index contributed by atoms with van der Waals surface area (Å²) in [6, 6.07) is 1.76. The first-order valence-corrected chi connectivity index (χ1v) is 4.27. The second-order valence-electron chi connectivity index (χ2n) is 2.89. The van der Waals surface area contributed by atoms with Gasteiger partial charge in [0.1, 0.15) is 11.6 Å². The number of nitrogens with two attached hydrogens (primary N) is 1. The Balaban J connectivity index is 2.57. The third-order valence-electron chi connectivity index (χ3n) is 1.63. The van der Waals surface area contributed by atoms with E-state index in [1.54, 1.807) is 5.32 Å². The summed E-state index contributed by atoms with van der Waals surface area (Å²) in [4.78, 5) is 21.2. The molecule has 0 aromatic heterocycles. The lowest BCUT2D eigenvalue weighted by molar-refractivity contribution is -0.118. The molecule has 0 radical (unpaired) electrons. The van der Waals surface area contributed by atoms with Crippen molar-refractivity contribution >= 4 is 17.6 Å². The van der Waals surface area contributed by atoms with Crippen molar-refractivity contribution in [1.82, 2.24) is 5.32 Å². The second kappa shape index (κ2) is 5.06. The first kappa shape index (κ1) is 11.9. The number of imide groups is 1.